The van der Waals surface area contributed by atoms with Crippen molar-refractivity contribution in [2.45, 2.75) is 45.2 Å². The summed E-state index contributed by atoms with van der Waals surface area (Å²) >= 11 is 0. The Balaban J connectivity index is 2.25. The van der Waals surface area contributed by atoms with Crippen LogP contribution in [0.2, 0.25) is 0 Å². The van der Waals surface area contributed by atoms with Gasteiger partial charge in [0.05, 0.1) is 0 Å². The van der Waals surface area contributed by atoms with Crippen molar-refractivity contribution in [3.05, 3.63) is 35.9 Å². The molecule has 1 N–H and O–H groups in total. The molecule has 0 aromatic heterocycles. The van der Waals surface area contributed by atoms with Gasteiger partial charge in [-0.05, 0) is 37.3 Å². The lowest BCUT2D eigenvalue weighted by molar-refractivity contribution is -0.143. The second-order valence-electron chi connectivity index (χ2n) is 5.79. The van der Waals surface area contributed by atoms with Crippen LogP contribution in [-0.4, -0.2) is 28.6 Å². The van der Waals surface area contributed by atoms with Crippen molar-refractivity contribution < 1.29 is 9.90 Å². The third kappa shape index (κ3) is 3.35. The molecule has 1 aromatic carbocycles. The maximum absolute atomic E-state index is 11.4. The Morgan fingerprint density at radius 2 is 2.05 bits per heavy atom. The van der Waals surface area contributed by atoms with Gasteiger partial charge in [-0.2, -0.15) is 0 Å². The Bertz CT molecular complexity index is 416. The van der Waals surface area contributed by atoms with Crippen LogP contribution in [0.4, 0.5) is 0 Å². The van der Waals surface area contributed by atoms with Gasteiger partial charge in [-0.1, -0.05) is 44.2 Å². The Morgan fingerprint density at radius 1 is 1.37 bits per heavy atom. The molecular weight excluding hydrogens is 238 g/mol. The quantitative estimate of drug-likeness (QED) is 0.884. The number of hydrogen-bond acceptors (Lipinski definition) is 2. The summed E-state index contributed by atoms with van der Waals surface area (Å²) in [5, 5.41) is 9.37. The van der Waals surface area contributed by atoms with E-state index in [9.17, 15) is 9.90 Å². The molecule has 104 valence electrons. The summed E-state index contributed by atoms with van der Waals surface area (Å²) in [7, 11) is 0. The highest BCUT2D eigenvalue weighted by atomic mass is 16.4. The van der Waals surface area contributed by atoms with Crippen molar-refractivity contribution in [3.63, 3.8) is 0 Å². The van der Waals surface area contributed by atoms with Gasteiger partial charge in [-0.3, -0.25) is 9.69 Å². The summed E-state index contributed by atoms with van der Waals surface area (Å²) in [4.78, 5) is 13.6. The molecule has 1 saturated heterocycles. The molecule has 0 bridgehead atoms. The average Bonchev–Trinajstić information content (AvgIpc) is 2.86. The summed E-state index contributed by atoms with van der Waals surface area (Å²) in [6, 6.07) is 10.2. The third-order valence-corrected chi connectivity index (χ3v) is 3.86. The van der Waals surface area contributed by atoms with Crippen molar-refractivity contribution in [3.8, 4) is 0 Å². The average molecular weight is 261 g/mol. The smallest absolute Gasteiger partial charge is 0.320 e. The van der Waals surface area contributed by atoms with Crippen LogP contribution in [0.15, 0.2) is 30.3 Å². The van der Waals surface area contributed by atoms with Crippen molar-refractivity contribution in [1.29, 1.82) is 0 Å². The maximum Gasteiger partial charge on any atom is 0.320 e. The van der Waals surface area contributed by atoms with E-state index in [0.717, 1.165) is 25.8 Å². The Kier molecular flexibility index (Phi) is 4.59. The molecule has 1 heterocycles. The molecule has 1 aliphatic rings. The Morgan fingerprint density at radius 3 is 2.63 bits per heavy atom. The van der Waals surface area contributed by atoms with Crippen molar-refractivity contribution >= 4 is 5.97 Å². The van der Waals surface area contributed by atoms with Gasteiger partial charge >= 0.3 is 5.97 Å². The topological polar surface area (TPSA) is 40.5 Å². The van der Waals surface area contributed by atoms with Gasteiger partial charge in [0.25, 0.3) is 0 Å². The Hall–Kier alpha value is -1.35. The van der Waals surface area contributed by atoms with Crippen LogP contribution < -0.4 is 0 Å². The predicted molar refractivity (Wildman–Crippen MR) is 76.0 cm³/mol. The molecule has 0 spiro atoms. The number of rotatable bonds is 5. The van der Waals surface area contributed by atoms with E-state index in [4.69, 9.17) is 0 Å². The molecule has 2 unspecified atom stereocenters. The van der Waals surface area contributed by atoms with Gasteiger partial charge in [0, 0.05) is 6.04 Å². The van der Waals surface area contributed by atoms with E-state index < -0.39 is 5.97 Å². The highest BCUT2D eigenvalue weighted by molar-refractivity contribution is 5.73. The van der Waals surface area contributed by atoms with E-state index in [1.165, 1.54) is 5.56 Å². The van der Waals surface area contributed by atoms with Gasteiger partial charge in [0.1, 0.15) is 6.04 Å². The van der Waals surface area contributed by atoms with Crippen LogP contribution >= 0.6 is 0 Å². The van der Waals surface area contributed by atoms with Crippen molar-refractivity contribution in [2.75, 3.05) is 6.54 Å². The number of likely N-dealkylation sites (tertiary alicyclic amines) is 1. The van der Waals surface area contributed by atoms with E-state index >= 15 is 0 Å². The molecule has 2 atom stereocenters. The van der Waals surface area contributed by atoms with E-state index in [1.807, 2.05) is 18.2 Å². The van der Waals surface area contributed by atoms with Crippen LogP contribution in [-0.2, 0) is 4.79 Å². The van der Waals surface area contributed by atoms with E-state index in [-0.39, 0.29) is 12.1 Å². The molecule has 1 aliphatic heterocycles. The van der Waals surface area contributed by atoms with Gasteiger partial charge in [-0.25, -0.2) is 0 Å². The second kappa shape index (κ2) is 6.20. The zero-order valence-electron chi connectivity index (χ0n) is 11.7. The number of aliphatic carboxylic acids is 1. The normalized spacial score (nSPS) is 21.7. The molecular formula is C16H23NO2. The minimum atomic E-state index is -0.679. The van der Waals surface area contributed by atoms with E-state index in [0.29, 0.717) is 5.92 Å². The molecule has 0 aliphatic carbocycles. The summed E-state index contributed by atoms with van der Waals surface area (Å²) in [5.74, 6) is -0.123. The minimum Gasteiger partial charge on any atom is -0.480 e. The van der Waals surface area contributed by atoms with Crippen LogP contribution in [0.1, 0.15) is 44.7 Å². The molecule has 1 fully saturated rings. The fourth-order valence-electron chi connectivity index (χ4n) is 3.01. The molecule has 0 radical (unpaired) electrons. The molecule has 0 saturated carbocycles. The van der Waals surface area contributed by atoms with Crippen LogP contribution in [0.3, 0.4) is 0 Å². The van der Waals surface area contributed by atoms with Crippen molar-refractivity contribution in [2.24, 2.45) is 5.92 Å². The van der Waals surface area contributed by atoms with Gasteiger partial charge in [0.2, 0.25) is 0 Å². The highest BCUT2D eigenvalue weighted by Gasteiger charge is 2.36. The lowest BCUT2D eigenvalue weighted by Crippen LogP contribution is -2.39. The van der Waals surface area contributed by atoms with E-state index in [1.54, 1.807) is 0 Å². The summed E-state index contributed by atoms with van der Waals surface area (Å²) in [6.45, 7) is 5.28. The lowest BCUT2D eigenvalue weighted by atomic mass is 9.95. The first-order valence-electron chi connectivity index (χ1n) is 7.13. The first kappa shape index (κ1) is 14.1. The molecule has 3 heteroatoms. The first-order chi connectivity index (χ1) is 9.09. The van der Waals surface area contributed by atoms with Gasteiger partial charge < -0.3 is 5.11 Å². The monoisotopic (exact) mass is 261 g/mol. The molecule has 0 amide bonds. The lowest BCUT2D eigenvalue weighted by Gasteiger charge is -2.32. The number of nitrogens with zero attached hydrogens (tertiary/aromatic N) is 1. The third-order valence-electron chi connectivity index (χ3n) is 3.86. The highest BCUT2D eigenvalue weighted by Crippen LogP contribution is 2.34. The summed E-state index contributed by atoms with van der Waals surface area (Å²) in [5.41, 5.74) is 1.24. The molecule has 2 rings (SSSR count). The maximum atomic E-state index is 11.4. The first-order valence-corrected chi connectivity index (χ1v) is 7.13. The minimum absolute atomic E-state index is 0.227. The molecule has 19 heavy (non-hydrogen) atoms. The zero-order valence-corrected chi connectivity index (χ0v) is 11.7. The number of carbonyl (C=O) groups is 1. The largest absolute Gasteiger partial charge is 0.480 e. The fraction of sp³-hybridized carbons (Fsp3) is 0.562. The Labute approximate surface area is 115 Å². The summed E-state index contributed by atoms with van der Waals surface area (Å²) < 4.78 is 0. The van der Waals surface area contributed by atoms with Gasteiger partial charge in [0.15, 0.2) is 0 Å². The van der Waals surface area contributed by atoms with E-state index in [2.05, 4.69) is 30.9 Å². The number of carboxylic acids is 1. The number of carboxylic acid groups (broad SMARTS) is 1. The number of benzene rings is 1. The van der Waals surface area contributed by atoms with Crippen LogP contribution in [0.5, 0.6) is 0 Å². The van der Waals surface area contributed by atoms with Gasteiger partial charge in [-0.15, -0.1) is 0 Å². The molecule has 1 aromatic rings. The summed E-state index contributed by atoms with van der Waals surface area (Å²) in [6.07, 6.45) is 2.77. The second-order valence-corrected chi connectivity index (χ2v) is 5.79. The zero-order chi connectivity index (χ0) is 13.8. The van der Waals surface area contributed by atoms with Crippen LogP contribution in [0, 0.1) is 5.92 Å². The van der Waals surface area contributed by atoms with Crippen molar-refractivity contribution in [1.82, 2.24) is 4.90 Å². The number of hydrogen-bond donors (Lipinski definition) is 1. The fourth-order valence-corrected chi connectivity index (χ4v) is 3.01. The predicted octanol–water partition coefficient (Wildman–Crippen LogP) is 3.32. The van der Waals surface area contributed by atoms with Crippen LogP contribution in [0.25, 0.3) is 0 Å². The standard InChI is InChI=1S/C16H23NO2/c1-12(2)11-15(13-7-4-3-5-8-13)17-10-6-9-14(17)16(18)19/h3-5,7-8,12,14-15H,6,9-11H2,1-2H3,(H,18,19). The molecule has 3 nitrogen and oxygen atoms in total. The SMILES string of the molecule is CC(C)CC(c1ccccc1)N1CCCC1C(=O)O.